The average Bonchev–Trinajstić information content (AvgIpc) is 2.69. The number of carbonyl (C=O) groups excluding carboxylic acids is 1. The lowest BCUT2D eigenvalue weighted by Gasteiger charge is -2.10. The first kappa shape index (κ1) is 20.0. The summed E-state index contributed by atoms with van der Waals surface area (Å²) < 4.78 is 6.56. The van der Waals surface area contributed by atoms with Crippen LogP contribution in [-0.2, 0) is 4.79 Å². The van der Waals surface area contributed by atoms with Crippen LogP contribution in [0.2, 0.25) is 5.02 Å². The van der Waals surface area contributed by atoms with Crippen molar-refractivity contribution in [1.82, 2.24) is 9.55 Å². The maximum atomic E-state index is 12.7. The lowest BCUT2D eigenvalue weighted by Crippen LogP contribution is -2.22. The predicted octanol–water partition coefficient (Wildman–Crippen LogP) is 3.93. The summed E-state index contributed by atoms with van der Waals surface area (Å²) in [6, 6.07) is 12.6. The topological polar surface area (TPSA) is 73.2 Å². The van der Waals surface area contributed by atoms with Crippen molar-refractivity contribution in [3.8, 4) is 11.4 Å². The Balaban J connectivity index is 1.74. The Labute approximate surface area is 171 Å². The van der Waals surface area contributed by atoms with Gasteiger partial charge in [-0.2, -0.15) is 0 Å². The molecule has 3 aromatic rings. The van der Waals surface area contributed by atoms with Crippen molar-refractivity contribution in [3.63, 3.8) is 0 Å². The summed E-state index contributed by atoms with van der Waals surface area (Å²) in [6.45, 7) is 1.92. The lowest BCUT2D eigenvalue weighted by molar-refractivity contribution is -0.113. The van der Waals surface area contributed by atoms with E-state index in [-0.39, 0.29) is 22.2 Å². The smallest absolute Gasteiger partial charge is 0.287 e. The predicted molar refractivity (Wildman–Crippen MR) is 112 cm³/mol. The van der Waals surface area contributed by atoms with E-state index >= 15 is 0 Å². The normalized spacial score (nSPS) is 10.5. The van der Waals surface area contributed by atoms with Crippen LogP contribution < -0.4 is 15.6 Å². The Morgan fingerprint density at radius 3 is 2.79 bits per heavy atom. The highest BCUT2D eigenvalue weighted by molar-refractivity contribution is 7.99. The number of nitrogens with one attached hydrogen (secondary N) is 1. The molecular formula is C20H18ClN3O3S. The maximum absolute atomic E-state index is 12.7. The highest BCUT2D eigenvalue weighted by atomic mass is 35.5. The van der Waals surface area contributed by atoms with E-state index in [4.69, 9.17) is 16.3 Å². The Hall–Kier alpha value is -2.77. The molecule has 0 spiro atoms. The number of aromatic nitrogens is 2. The van der Waals surface area contributed by atoms with Gasteiger partial charge in [0.2, 0.25) is 5.91 Å². The van der Waals surface area contributed by atoms with Crippen LogP contribution in [0.15, 0.2) is 64.7 Å². The quantitative estimate of drug-likeness (QED) is 0.617. The number of hydrogen-bond donors (Lipinski definition) is 1. The molecule has 0 aliphatic carbocycles. The van der Waals surface area contributed by atoms with Gasteiger partial charge in [0.15, 0.2) is 5.03 Å². The van der Waals surface area contributed by atoms with Crippen LogP contribution in [0, 0.1) is 6.92 Å². The van der Waals surface area contributed by atoms with Crippen LogP contribution in [0.1, 0.15) is 5.56 Å². The van der Waals surface area contributed by atoms with E-state index in [1.54, 1.807) is 24.4 Å². The number of nitrogens with zero attached hydrogens (tertiary/aromatic N) is 2. The number of hydrogen-bond acceptors (Lipinski definition) is 5. The summed E-state index contributed by atoms with van der Waals surface area (Å²) in [7, 11) is 1.52. The van der Waals surface area contributed by atoms with Gasteiger partial charge in [0, 0.05) is 18.1 Å². The molecule has 0 radical (unpaired) electrons. The molecule has 1 amide bonds. The van der Waals surface area contributed by atoms with E-state index < -0.39 is 0 Å². The summed E-state index contributed by atoms with van der Waals surface area (Å²) in [4.78, 5) is 29.1. The monoisotopic (exact) mass is 415 g/mol. The zero-order valence-electron chi connectivity index (χ0n) is 15.3. The van der Waals surface area contributed by atoms with Gasteiger partial charge in [0.1, 0.15) is 5.75 Å². The molecule has 1 aromatic heterocycles. The number of benzene rings is 2. The van der Waals surface area contributed by atoms with Crippen LogP contribution >= 0.6 is 23.4 Å². The molecule has 0 aliphatic rings. The molecule has 0 aliphatic heterocycles. The largest absolute Gasteiger partial charge is 0.495 e. The molecule has 8 heteroatoms. The third-order valence-electron chi connectivity index (χ3n) is 3.98. The van der Waals surface area contributed by atoms with Crippen molar-refractivity contribution in [2.75, 3.05) is 18.2 Å². The SMILES string of the molecule is COc1ccc(-n2ccnc(SCC(=O)Nc3ccccc3C)c2=O)cc1Cl. The summed E-state index contributed by atoms with van der Waals surface area (Å²) in [5.74, 6) is 0.391. The number of amides is 1. The number of rotatable bonds is 6. The zero-order valence-corrected chi connectivity index (χ0v) is 16.9. The number of methoxy groups -OCH3 is 1. The van der Waals surface area contributed by atoms with Gasteiger partial charge in [-0.25, -0.2) is 4.98 Å². The average molecular weight is 416 g/mol. The fourth-order valence-corrected chi connectivity index (χ4v) is 3.48. The molecule has 0 unspecified atom stereocenters. The van der Waals surface area contributed by atoms with Crippen molar-refractivity contribution in [2.24, 2.45) is 0 Å². The van der Waals surface area contributed by atoms with E-state index in [9.17, 15) is 9.59 Å². The first-order valence-electron chi connectivity index (χ1n) is 8.39. The standard InChI is InChI=1S/C20H18ClN3O3S/c1-13-5-3-4-6-16(13)23-18(25)12-28-19-20(26)24(10-9-22-19)14-7-8-17(27-2)15(21)11-14/h3-11H,12H2,1-2H3,(H,23,25). The minimum absolute atomic E-state index is 0.0734. The van der Waals surface area contributed by atoms with E-state index in [0.717, 1.165) is 23.0 Å². The molecule has 0 atom stereocenters. The molecule has 1 N–H and O–H groups in total. The minimum atomic E-state index is -0.322. The molecular weight excluding hydrogens is 398 g/mol. The van der Waals surface area contributed by atoms with Gasteiger partial charge in [0.25, 0.3) is 5.56 Å². The molecule has 0 bridgehead atoms. The lowest BCUT2D eigenvalue weighted by atomic mass is 10.2. The molecule has 0 saturated heterocycles. The highest BCUT2D eigenvalue weighted by Gasteiger charge is 2.12. The second-order valence-electron chi connectivity index (χ2n) is 5.88. The number of carbonyl (C=O) groups is 1. The zero-order chi connectivity index (χ0) is 20.1. The van der Waals surface area contributed by atoms with Crippen LogP contribution in [0.3, 0.4) is 0 Å². The fraction of sp³-hybridized carbons (Fsp3) is 0.150. The van der Waals surface area contributed by atoms with E-state index in [2.05, 4.69) is 10.3 Å². The minimum Gasteiger partial charge on any atom is -0.495 e. The Morgan fingerprint density at radius 1 is 1.29 bits per heavy atom. The number of para-hydroxylation sites is 1. The first-order chi connectivity index (χ1) is 13.5. The van der Waals surface area contributed by atoms with Crippen LogP contribution in [0.4, 0.5) is 5.69 Å². The molecule has 2 aromatic carbocycles. The van der Waals surface area contributed by atoms with Crippen molar-refractivity contribution >= 4 is 35.0 Å². The summed E-state index contributed by atoms with van der Waals surface area (Å²) in [5, 5.41) is 3.47. The first-order valence-corrected chi connectivity index (χ1v) is 9.76. The summed E-state index contributed by atoms with van der Waals surface area (Å²) >= 11 is 7.24. The highest BCUT2D eigenvalue weighted by Crippen LogP contribution is 2.26. The molecule has 6 nitrogen and oxygen atoms in total. The second kappa shape index (κ2) is 8.95. The van der Waals surface area contributed by atoms with E-state index in [1.807, 2.05) is 31.2 Å². The van der Waals surface area contributed by atoms with Gasteiger partial charge in [-0.3, -0.25) is 14.2 Å². The summed E-state index contributed by atoms with van der Waals surface area (Å²) in [5.41, 5.74) is 1.98. The van der Waals surface area contributed by atoms with Gasteiger partial charge in [0.05, 0.1) is 23.6 Å². The molecule has 144 valence electrons. The number of ether oxygens (including phenoxy) is 1. The number of halogens is 1. The van der Waals surface area contributed by atoms with Crippen LogP contribution in [0.25, 0.3) is 5.69 Å². The number of aryl methyl sites for hydroxylation is 1. The van der Waals surface area contributed by atoms with Crippen molar-refractivity contribution in [2.45, 2.75) is 11.9 Å². The van der Waals surface area contributed by atoms with Crippen molar-refractivity contribution < 1.29 is 9.53 Å². The third-order valence-corrected chi connectivity index (χ3v) is 5.24. The van der Waals surface area contributed by atoms with Gasteiger partial charge < -0.3 is 10.1 Å². The third kappa shape index (κ3) is 4.55. The maximum Gasteiger partial charge on any atom is 0.287 e. The van der Waals surface area contributed by atoms with Gasteiger partial charge in [-0.15, -0.1) is 0 Å². The Bertz CT molecular complexity index is 1070. The molecule has 0 saturated carbocycles. The summed E-state index contributed by atoms with van der Waals surface area (Å²) in [6.07, 6.45) is 3.07. The molecule has 28 heavy (non-hydrogen) atoms. The molecule has 3 rings (SSSR count). The number of thioether (sulfide) groups is 1. The number of anilines is 1. The van der Waals surface area contributed by atoms with Gasteiger partial charge in [-0.1, -0.05) is 41.6 Å². The molecule has 1 heterocycles. The molecule has 0 fully saturated rings. The Morgan fingerprint density at radius 2 is 2.07 bits per heavy atom. The van der Waals surface area contributed by atoms with Crippen LogP contribution in [-0.4, -0.2) is 28.3 Å². The fourth-order valence-electron chi connectivity index (χ4n) is 2.53. The van der Waals surface area contributed by atoms with E-state index in [1.165, 1.54) is 17.9 Å². The van der Waals surface area contributed by atoms with Gasteiger partial charge >= 0.3 is 0 Å². The van der Waals surface area contributed by atoms with Crippen LogP contribution in [0.5, 0.6) is 5.75 Å². The van der Waals surface area contributed by atoms with E-state index in [0.29, 0.717) is 16.5 Å². The second-order valence-corrected chi connectivity index (χ2v) is 7.25. The Kier molecular flexibility index (Phi) is 6.38. The van der Waals surface area contributed by atoms with Gasteiger partial charge in [-0.05, 0) is 36.8 Å². The van der Waals surface area contributed by atoms with Crippen molar-refractivity contribution in [3.05, 3.63) is 75.8 Å². The van der Waals surface area contributed by atoms with Crippen molar-refractivity contribution in [1.29, 1.82) is 0 Å².